The topological polar surface area (TPSA) is 0 Å². The molecule has 0 nitrogen and oxygen atoms in total. The third-order valence-corrected chi connectivity index (χ3v) is 12.3. The molecule has 0 N–H and O–H groups in total. The van der Waals surface area contributed by atoms with Crippen LogP contribution in [0, 0.1) is 26.0 Å². The molecule has 0 heterocycles. The van der Waals surface area contributed by atoms with E-state index in [4.69, 9.17) is 0 Å². The van der Waals surface area contributed by atoms with Crippen molar-refractivity contribution in [1.29, 1.82) is 0 Å². The first kappa shape index (κ1) is 48.8. The van der Waals surface area contributed by atoms with Gasteiger partial charge < -0.3 is 0 Å². The predicted octanol–water partition coefficient (Wildman–Crippen LogP) is 15.3. The Morgan fingerprint density at radius 2 is 1.07 bits per heavy atom. The fourth-order valence-electron chi connectivity index (χ4n) is 8.65. The molecule has 6 aromatic rings. The standard InChI is InChI=1S/C37H41.C15H14.C5H5.2ClH.Zr/c1-5-13-30(21-28-15-9-7-10-16-28)34-24-36-32(19-26(34)3)23-33-20-27(4)35(25-37(33)36)31(14-6-2)22-29-17-11-8-12-18-29;1-3-8-14(9-4-1)12-7-13-15-10-5-2-6-11-15;1-2-4-5-3-1;;;/h7-12,15-19,24-25,30-31H,5-6,13-14,21-23H2,1-4H3;1-6,8-11H,12-13H2;1-3H,4H2;2*1H;/q-1;;-1;;;+2. The fourth-order valence-corrected chi connectivity index (χ4v) is 9.65. The van der Waals surface area contributed by atoms with E-state index in [1.165, 1.54) is 92.4 Å². The molecule has 0 saturated carbocycles. The molecule has 0 radical (unpaired) electrons. The second-order valence-electron chi connectivity index (χ2n) is 16.1. The molecule has 6 aromatic carbocycles. The number of hydrogen-bond acceptors (Lipinski definition) is 0. The molecule has 0 aromatic heterocycles. The van der Waals surface area contributed by atoms with Gasteiger partial charge in [-0.15, -0.1) is 47.9 Å². The van der Waals surface area contributed by atoms with Crippen LogP contribution in [0.2, 0.25) is 0 Å². The van der Waals surface area contributed by atoms with Gasteiger partial charge in [0, 0.05) is 0 Å². The van der Waals surface area contributed by atoms with Crippen molar-refractivity contribution >= 4 is 28.0 Å². The van der Waals surface area contributed by atoms with E-state index in [1.807, 2.05) is 12.2 Å². The van der Waals surface area contributed by atoms with Crippen molar-refractivity contribution in [2.75, 3.05) is 0 Å². The van der Waals surface area contributed by atoms with Gasteiger partial charge in [0.2, 0.25) is 0 Å². The second-order valence-corrected chi connectivity index (χ2v) is 17.8. The Kier molecular flexibility index (Phi) is 21.0. The van der Waals surface area contributed by atoms with Crippen LogP contribution in [0.4, 0.5) is 0 Å². The molecule has 0 spiro atoms. The van der Waals surface area contributed by atoms with Gasteiger partial charge in [-0.1, -0.05) is 124 Å². The SMILES string of the molecule is CCCC(Cc1ccccc1)c1cc2c([c-]c1C)Cc1cc(C)c(C(CCC)Cc3ccccc3)cc1-2.Cl.Cl.[C-]1=CC=CC1.[Zr+2]=[C](Cc1ccccc1)Cc1ccccc1. The van der Waals surface area contributed by atoms with E-state index in [0.29, 0.717) is 11.8 Å². The second kappa shape index (κ2) is 25.8. The number of hydrogen-bond donors (Lipinski definition) is 0. The van der Waals surface area contributed by atoms with Crippen LogP contribution in [-0.4, -0.2) is 3.21 Å². The minimum atomic E-state index is 0. The van der Waals surface area contributed by atoms with Gasteiger partial charge in [-0.2, -0.15) is 23.8 Å². The summed E-state index contributed by atoms with van der Waals surface area (Å²) >= 11 is 1.55. The van der Waals surface area contributed by atoms with Crippen LogP contribution in [-0.2, 0) is 56.3 Å². The van der Waals surface area contributed by atoms with Gasteiger partial charge in [0.15, 0.2) is 0 Å². The van der Waals surface area contributed by atoms with E-state index in [1.54, 1.807) is 27.4 Å². The zero-order valence-electron chi connectivity index (χ0n) is 36.1. The normalized spacial score (nSPS) is 12.6. The summed E-state index contributed by atoms with van der Waals surface area (Å²) in [6.07, 6.45) is 20.3. The van der Waals surface area contributed by atoms with Crippen molar-refractivity contribution in [1.82, 2.24) is 0 Å². The first-order valence-electron chi connectivity index (χ1n) is 21.5. The number of fused-ring (bicyclic) bond motifs is 3. The summed E-state index contributed by atoms with van der Waals surface area (Å²) in [5.41, 5.74) is 17.3. The Labute approximate surface area is 389 Å². The molecular formula is C57H62Cl2Zr. The van der Waals surface area contributed by atoms with Gasteiger partial charge in [-0.3, -0.25) is 6.08 Å². The van der Waals surface area contributed by atoms with Gasteiger partial charge in [-0.05, 0) is 66.3 Å². The molecule has 2 aliphatic rings. The Morgan fingerprint density at radius 3 is 1.50 bits per heavy atom. The predicted molar refractivity (Wildman–Crippen MR) is 260 cm³/mol. The molecule has 0 aliphatic heterocycles. The molecule has 0 amide bonds. The minimum absolute atomic E-state index is 0. The molecule has 0 saturated heterocycles. The van der Waals surface area contributed by atoms with E-state index in [0.717, 1.165) is 38.5 Å². The summed E-state index contributed by atoms with van der Waals surface area (Å²) in [6, 6.07) is 54.9. The van der Waals surface area contributed by atoms with E-state index < -0.39 is 0 Å². The van der Waals surface area contributed by atoms with Crippen molar-refractivity contribution < 1.29 is 24.2 Å². The molecule has 308 valence electrons. The van der Waals surface area contributed by atoms with Gasteiger partial charge in [0.1, 0.15) is 0 Å². The third-order valence-electron chi connectivity index (χ3n) is 11.5. The summed E-state index contributed by atoms with van der Waals surface area (Å²) in [6.45, 7) is 9.24. The van der Waals surface area contributed by atoms with Crippen molar-refractivity contribution in [2.24, 2.45) is 0 Å². The number of allylic oxidation sites excluding steroid dienone is 4. The molecule has 8 rings (SSSR count). The van der Waals surface area contributed by atoms with Crippen LogP contribution < -0.4 is 0 Å². The number of benzene rings is 6. The molecule has 3 heteroatoms. The number of aryl methyl sites for hydroxylation is 2. The maximum absolute atomic E-state index is 3.86. The third kappa shape index (κ3) is 14.4. The van der Waals surface area contributed by atoms with Crippen molar-refractivity contribution in [2.45, 2.75) is 104 Å². The van der Waals surface area contributed by atoms with Gasteiger partial charge in [-0.25, -0.2) is 12.2 Å². The Bertz CT molecular complexity index is 2080. The molecule has 0 fully saturated rings. The van der Waals surface area contributed by atoms with Crippen LogP contribution in [0.5, 0.6) is 0 Å². The van der Waals surface area contributed by atoms with Crippen molar-refractivity contribution in [3.63, 3.8) is 0 Å². The van der Waals surface area contributed by atoms with Crippen LogP contribution >= 0.6 is 24.8 Å². The summed E-state index contributed by atoms with van der Waals surface area (Å²) in [4.78, 5) is 0. The van der Waals surface area contributed by atoms with Crippen molar-refractivity contribution in [3.05, 3.63) is 226 Å². The zero-order valence-corrected chi connectivity index (χ0v) is 40.1. The number of rotatable bonds is 14. The van der Waals surface area contributed by atoms with E-state index in [-0.39, 0.29) is 24.8 Å². The molecule has 2 unspecified atom stereocenters. The van der Waals surface area contributed by atoms with Crippen LogP contribution in [0.3, 0.4) is 0 Å². The molecule has 0 bridgehead atoms. The summed E-state index contributed by atoms with van der Waals surface area (Å²) < 4.78 is 1.60. The molecule has 2 aliphatic carbocycles. The summed E-state index contributed by atoms with van der Waals surface area (Å²) in [7, 11) is 0. The summed E-state index contributed by atoms with van der Waals surface area (Å²) in [5, 5.41) is 0. The van der Waals surface area contributed by atoms with Crippen molar-refractivity contribution in [3.8, 4) is 11.1 Å². The number of halogens is 2. The van der Waals surface area contributed by atoms with Gasteiger partial charge in [0.05, 0.1) is 0 Å². The Balaban J connectivity index is 0.000000285. The average molecular weight is 909 g/mol. The zero-order chi connectivity index (χ0) is 40.5. The van der Waals surface area contributed by atoms with Crippen LogP contribution in [0.15, 0.2) is 158 Å². The monoisotopic (exact) mass is 906 g/mol. The Hall–Kier alpha value is -3.87. The molecule has 60 heavy (non-hydrogen) atoms. The van der Waals surface area contributed by atoms with E-state index in [2.05, 4.69) is 185 Å². The van der Waals surface area contributed by atoms with Gasteiger partial charge >= 0.3 is 112 Å². The first-order chi connectivity index (χ1) is 28.4. The average Bonchev–Trinajstić information content (AvgIpc) is 3.94. The van der Waals surface area contributed by atoms with Crippen LogP contribution in [0.1, 0.15) is 113 Å². The van der Waals surface area contributed by atoms with E-state index >= 15 is 0 Å². The molecule has 2 atom stereocenters. The molecular weight excluding hydrogens is 847 g/mol. The quantitative estimate of drug-likeness (QED) is 0.0954. The fraction of sp³-hybridized carbons (Fsp3) is 0.281. The Morgan fingerprint density at radius 1 is 0.600 bits per heavy atom. The van der Waals surface area contributed by atoms with Gasteiger partial charge in [0.25, 0.3) is 0 Å². The maximum atomic E-state index is 3.86. The first-order valence-corrected chi connectivity index (χ1v) is 22.8. The summed E-state index contributed by atoms with van der Waals surface area (Å²) in [5.74, 6) is 1.09. The van der Waals surface area contributed by atoms with Crippen LogP contribution in [0.25, 0.3) is 11.1 Å². The van der Waals surface area contributed by atoms with E-state index in [9.17, 15) is 0 Å².